The van der Waals surface area contributed by atoms with Crippen LogP contribution in [0.25, 0.3) is 22.8 Å². The molecule has 0 spiro atoms. The van der Waals surface area contributed by atoms with Crippen LogP contribution in [0.1, 0.15) is 6.29 Å². The van der Waals surface area contributed by atoms with E-state index in [-0.39, 0.29) is 6.29 Å². The van der Waals surface area contributed by atoms with Gasteiger partial charge in [-0.05, 0) is 18.2 Å². The van der Waals surface area contributed by atoms with Gasteiger partial charge in [0.15, 0.2) is 0 Å². The van der Waals surface area contributed by atoms with Gasteiger partial charge in [-0.25, -0.2) is 0 Å². The molecule has 0 unspecified atom stereocenters. The highest BCUT2D eigenvalue weighted by molar-refractivity contribution is 5.60. The van der Waals surface area contributed by atoms with Crippen molar-refractivity contribution in [2.24, 2.45) is 0 Å². The summed E-state index contributed by atoms with van der Waals surface area (Å²) in [7, 11) is 0. The van der Waals surface area contributed by atoms with E-state index < -0.39 is 0 Å². The molecule has 0 aromatic carbocycles. The molecule has 0 saturated heterocycles. The first kappa shape index (κ1) is 7.78. The van der Waals surface area contributed by atoms with Crippen LogP contribution in [0.3, 0.4) is 0 Å². The number of fused-ring (bicyclic) bond motifs is 6. The molecule has 0 radical (unpaired) electrons. The number of hydrogen-bond donors (Lipinski definition) is 0. The van der Waals surface area contributed by atoms with Crippen LogP contribution in [0.15, 0.2) is 42.7 Å². The SMILES string of the molecule is c1cc2[n+]3c(c1)-c1ccnn1C3n1nccc1-2. The molecule has 5 nitrogen and oxygen atoms in total. The minimum absolute atomic E-state index is 0.0381. The van der Waals surface area contributed by atoms with Gasteiger partial charge < -0.3 is 0 Å². The number of aromatic nitrogens is 5. The molecule has 5 heteroatoms. The maximum absolute atomic E-state index is 4.41. The largest absolute Gasteiger partial charge is 0.356 e. The third-order valence-electron chi connectivity index (χ3n) is 3.56. The summed E-state index contributed by atoms with van der Waals surface area (Å²) in [6.45, 7) is 0. The Morgan fingerprint density at radius 3 is 2.06 bits per heavy atom. The second-order valence-corrected chi connectivity index (χ2v) is 4.33. The van der Waals surface area contributed by atoms with Crippen LogP contribution in [0, 0.1) is 0 Å². The van der Waals surface area contributed by atoms with Crippen molar-refractivity contribution in [1.29, 1.82) is 0 Å². The van der Waals surface area contributed by atoms with E-state index >= 15 is 0 Å². The van der Waals surface area contributed by atoms with Crippen LogP contribution in [0.4, 0.5) is 0 Å². The van der Waals surface area contributed by atoms with E-state index in [0.717, 1.165) is 11.4 Å². The number of pyridine rings is 1. The Kier molecular flexibility index (Phi) is 1.05. The molecular formula is C12H8N5+. The second kappa shape index (κ2) is 2.29. The predicted molar refractivity (Wildman–Crippen MR) is 58.9 cm³/mol. The molecule has 3 aromatic heterocycles. The van der Waals surface area contributed by atoms with Gasteiger partial charge >= 0.3 is 6.29 Å². The van der Waals surface area contributed by atoms with E-state index in [0.29, 0.717) is 0 Å². The minimum atomic E-state index is 0.0381. The highest BCUT2D eigenvalue weighted by atomic mass is 15.6. The quantitative estimate of drug-likeness (QED) is 0.365. The topological polar surface area (TPSA) is 39.5 Å². The number of rotatable bonds is 0. The van der Waals surface area contributed by atoms with Crippen LogP contribution in [-0.4, -0.2) is 19.6 Å². The van der Waals surface area contributed by atoms with Crippen molar-refractivity contribution in [2.75, 3.05) is 0 Å². The molecule has 0 saturated carbocycles. The van der Waals surface area contributed by atoms with Gasteiger partial charge in [-0.1, -0.05) is 0 Å². The first-order chi connectivity index (χ1) is 8.45. The molecule has 0 N–H and O–H groups in total. The van der Waals surface area contributed by atoms with Gasteiger partial charge in [0.1, 0.15) is 11.4 Å². The number of nitrogens with zero attached hydrogens (tertiary/aromatic N) is 5. The highest BCUT2D eigenvalue weighted by Gasteiger charge is 2.47. The Morgan fingerprint density at radius 1 is 0.882 bits per heavy atom. The molecule has 0 atom stereocenters. The maximum Gasteiger partial charge on any atom is 0.356 e. The maximum atomic E-state index is 4.41. The zero-order valence-corrected chi connectivity index (χ0v) is 8.85. The Labute approximate surface area is 96.5 Å². The molecule has 3 aromatic rings. The summed E-state index contributed by atoms with van der Waals surface area (Å²) in [6.07, 6.45) is 3.72. The fraction of sp³-hybridized carbons (Fsp3) is 0.0833. The zero-order valence-electron chi connectivity index (χ0n) is 8.85. The Morgan fingerprint density at radius 2 is 1.47 bits per heavy atom. The van der Waals surface area contributed by atoms with Crippen molar-refractivity contribution >= 4 is 0 Å². The van der Waals surface area contributed by atoms with Gasteiger partial charge in [0.2, 0.25) is 11.4 Å². The van der Waals surface area contributed by atoms with E-state index in [1.54, 1.807) is 0 Å². The average Bonchev–Trinajstić information content (AvgIpc) is 3.06. The minimum Gasteiger partial charge on any atom is -0.175 e. The monoisotopic (exact) mass is 222 g/mol. The molecule has 2 aliphatic rings. The van der Waals surface area contributed by atoms with Crippen molar-refractivity contribution < 1.29 is 4.57 Å². The molecular weight excluding hydrogens is 214 g/mol. The molecule has 0 fully saturated rings. The molecule has 0 bridgehead atoms. The van der Waals surface area contributed by atoms with Gasteiger partial charge in [-0.2, -0.15) is 19.6 Å². The van der Waals surface area contributed by atoms with Crippen LogP contribution >= 0.6 is 0 Å². The van der Waals surface area contributed by atoms with E-state index in [1.165, 1.54) is 11.4 Å². The van der Waals surface area contributed by atoms with Gasteiger partial charge in [0.05, 0.1) is 12.4 Å². The molecule has 5 heterocycles. The van der Waals surface area contributed by atoms with Crippen LogP contribution < -0.4 is 4.57 Å². The summed E-state index contributed by atoms with van der Waals surface area (Å²) in [5.41, 5.74) is 4.71. The summed E-state index contributed by atoms with van der Waals surface area (Å²) in [6, 6.07) is 10.4. The zero-order chi connectivity index (χ0) is 11.0. The summed E-state index contributed by atoms with van der Waals surface area (Å²) < 4.78 is 6.31. The summed E-state index contributed by atoms with van der Waals surface area (Å²) in [4.78, 5) is 0. The molecule has 80 valence electrons. The lowest BCUT2D eigenvalue weighted by molar-refractivity contribution is -0.698. The van der Waals surface area contributed by atoms with Crippen molar-refractivity contribution in [3.8, 4) is 22.8 Å². The Balaban J connectivity index is 2.03. The molecule has 5 rings (SSSR count). The molecule has 0 aliphatic carbocycles. The van der Waals surface area contributed by atoms with E-state index in [4.69, 9.17) is 0 Å². The predicted octanol–water partition coefficient (Wildman–Crippen LogP) is 0.881. The second-order valence-electron chi connectivity index (χ2n) is 4.33. The number of hydrogen-bond acceptors (Lipinski definition) is 2. The third kappa shape index (κ3) is 0.683. The summed E-state index contributed by atoms with van der Waals surface area (Å²) in [5.74, 6) is 0. The van der Waals surface area contributed by atoms with E-state index in [1.807, 2.05) is 33.9 Å². The lowest BCUT2D eigenvalue weighted by atomic mass is 10.2. The average molecular weight is 222 g/mol. The van der Waals surface area contributed by atoms with Gasteiger partial charge in [0, 0.05) is 12.1 Å². The first-order valence-corrected chi connectivity index (χ1v) is 5.57. The standard InChI is InChI=1S/C12H8N5/c1-2-8-10-4-6-13-16(10)12-15(8)9(3-1)11-5-7-14-17(11)12/h1-7,12H/q+1. The third-order valence-corrected chi connectivity index (χ3v) is 3.56. The van der Waals surface area contributed by atoms with Crippen LogP contribution in [-0.2, 0) is 0 Å². The van der Waals surface area contributed by atoms with Crippen molar-refractivity contribution in [2.45, 2.75) is 6.29 Å². The Bertz CT molecular complexity index is 706. The summed E-state index contributed by atoms with van der Waals surface area (Å²) >= 11 is 0. The lowest BCUT2D eigenvalue weighted by Gasteiger charge is -2.02. The van der Waals surface area contributed by atoms with Gasteiger partial charge in [-0.15, -0.1) is 4.57 Å². The molecule has 2 aliphatic heterocycles. The lowest BCUT2D eigenvalue weighted by Crippen LogP contribution is -2.41. The smallest absolute Gasteiger partial charge is 0.175 e. The van der Waals surface area contributed by atoms with Crippen molar-refractivity contribution in [3.63, 3.8) is 0 Å². The van der Waals surface area contributed by atoms with Gasteiger partial charge in [0.25, 0.3) is 0 Å². The summed E-state index contributed by atoms with van der Waals surface area (Å²) in [5, 5.41) is 8.82. The molecule has 0 amide bonds. The van der Waals surface area contributed by atoms with Crippen LogP contribution in [0.5, 0.6) is 0 Å². The van der Waals surface area contributed by atoms with Crippen LogP contribution in [0.2, 0.25) is 0 Å². The normalized spacial score (nSPS) is 14.8. The fourth-order valence-corrected chi connectivity index (χ4v) is 2.91. The fourth-order valence-electron chi connectivity index (χ4n) is 2.91. The van der Waals surface area contributed by atoms with Gasteiger partial charge in [-0.3, -0.25) is 0 Å². The Hall–Kier alpha value is -2.43. The highest BCUT2D eigenvalue weighted by Crippen LogP contribution is 2.35. The van der Waals surface area contributed by atoms with E-state index in [2.05, 4.69) is 33.0 Å². The van der Waals surface area contributed by atoms with Crippen molar-refractivity contribution in [1.82, 2.24) is 19.6 Å². The molecule has 17 heavy (non-hydrogen) atoms. The van der Waals surface area contributed by atoms with E-state index in [9.17, 15) is 0 Å². The van der Waals surface area contributed by atoms with Crippen molar-refractivity contribution in [3.05, 3.63) is 42.7 Å². The first-order valence-electron chi connectivity index (χ1n) is 5.57.